The van der Waals surface area contributed by atoms with Crippen LogP contribution in [0.15, 0.2) is 53.5 Å². The molecule has 31 heavy (non-hydrogen) atoms. The minimum Gasteiger partial charge on any atom is -0.434 e. The molecule has 0 aromatic heterocycles. The van der Waals surface area contributed by atoms with Gasteiger partial charge in [0.25, 0.3) is 0 Å². The normalized spacial score (nSPS) is 16.2. The molecule has 1 aliphatic heterocycles. The number of rotatable bonds is 8. The number of nitrogens with zero attached hydrogens (tertiary/aromatic N) is 1. The molecule has 0 aliphatic carbocycles. The van der Waals surface area contributed by atoms with E-state index in [2.05, 4.69) is 20.4 Å². The number of benzene rings is 2. The highest BCUT2D eigenvalue weighted by Crippen LogP contribution is 2.34. The Morgan fingerprint density at radius 3 is 2.61 bits per heavy atom. The Bertz CT molecular complexity index is 871. The molecule has 2 N–H and O–H groups in total. The van der Waals surface area contributed by atoms with Crippen LogP contribution in [0.4, 0.5) is 13.2 Å². The van der Waals surface area contributed by atoms with Gasteiger partial charge in [-0.25, -0.2) is 9.38 Å². The quantitative estimate of drug-likeness (QED) is 0.481. The van der Waals surface area contributed by atoms with Gasteiger partial charge < -0.3 is 20.1 Å². The standard InChI is InChI=1S/C23H28F3N3O2/c1-2-27-22(28-15-17-6-3-4-9-20(17)31-21(25)26)29-16-23(10-12-30-13-11-23)18-7-5-8-19(24)14-18/h3-9,14,21H,2,10-13,15-16H2,1H3,(H2,27,28,29). The maximum atomic E-state index is 13.9. The summed E-state index contributed by atoms with van der Waals surface area (Å²) in [4.78, 5) is 4.54. The summed E-state index contributed by atoms with van der Waals surface area (Å²) in [6.45, 7) is 1.61. The topological polar surface area (TPSA) is 54.9 Å². The molecule has 2 aromatic carbocycles. The van der Waals surface area contributed by atoms with Crippen molar-refractivity contribution in [2.45, 2.75) is 38.3 Å². The number of ether oxygens (including phenoxy) is 2. The summed E-state index contributed by atoms with van der Waals surface area (Å²) in [7, 11) is 0. The lowest BCUT2D eigenvalue weighted by Gasteiger charge is -2.38. The van der Waals surface area contributed by atoms with Gasteiger partial charge in [-0.05, 0) is 43.5 Å². The van der Waals surface area contributed by atoms with Gasteiger partial charge in [0.1, 0.15) is 11.6 Å². The second-order valence-electron chi connectivity index (χ2n) is 7.44. The molecular weight excluding hydrogens is 407 g/mol. The van der Waals surface area contributed by atoms with Crippen molar-refractivity contribution in [1.29, 1.82) is 0 Å². The van der Waals surface area contributed by atoms with Crippen LogP contribution in [0.3, 0.4) is 0 Å². The fourth-order valence-electron chi connectivity index (χ4n) is 3.75. The van der Waals surface area contributed by atoms with Gasteiger partial charge >= 0.3 is 6.61 Å². The average Bonchev–Trinajstić information content (AvgIpc) is 2.77. The number of hydrogen-bond acceptors (Lipinski definition) is 3. The molecule has 1 heterocycles. The average molecular weight is 435 g/mol. The molecule has 0 spiro atoms. The summed E-state index contributed by atoms with van der Waals surface area (Å²) in [5.41, 5.74) is 1.20. The summed E-state index contributed by atoms with van der Waals surface area (Å²) >= 11 is 0. The van der Waals surface area contributed by atoms with E-state index in [1.165, 1.54) is 12.1 Å². The Balaban J connectivity index is 1.76. The molecule has 1 aliphatic rings. The van der Waals surface area contributed by atoms with Crippen molar-refractivity contribution in [1.82, 2.24) is 10.6 Å². The van der Waals surface area contributed by atoms with Crippen LogP contribution in [-0.2, 0) is 16.7 Å². The third kappa shape index (κ3) is 6.37. The zero-order valence-corrected chi connectivity index (χ0v) is 17.5. The highest BCUT2D eigenvalue weighted by Gasteiger charge is 2.35. The highest BCUT2D eigenvalue weighted by molar-refractivity contribution is 5.80. The first-order valence-corrected chi connectivity index (χ1v) is 10.4. The van der Waals surface area contributed by atoms with Gasteiger partial charge in [-0.3, -0.25) is 0 Å². The molecule has 1 fully saturated rings. The van der Waals surface area contributed by atoms with Crippen LogP contribution < -0.4 is 15.4 Å². The predicted molar refractivity (Wildman–Crippen MR) is 114 cm³/mol. The third-order valence-electron chi connectivity index (χ3n) is 5.42. The van der Waals surface area contributed by atoms with Gasteiger partial charge in [0.15, 0.2) is 5.96 Å². The van der Waals surface area contributed by atoms with Gasteiger partial charge in [-0.15, -0.1) is 0 Å². The van der Waals surface area contributed by atoms with Crippen molar-refractivity contribution >= 4 is 5.96 Å². The van der Waals surface area contributed by atoms with E-state index in [0.717, 1.165) is 18.4 Å². The molecule has 8 heteroatoms. The van der Waals surface area contributed by atoms with Crippen LogP contribution in [-0.4, -0.2) is 38.9 Å². The van der Waals surface area contributed by atoms with E-state index in [-0.39, 0.29) is 23.5 Å². The zero-order chi connectivity index (χ0) is 22.1. The molecule has 168 valence electrons. The summed E-state index contributed by atoms with van der Waals surface area (Å²) < 4.78 is 49.3. The molecular formula is C23H28F3N3O2. The molecule has 0 saturated carbocycles. The fraction of sp³-hybridized carbons (Fsp3) is 0.435. The Labute approximate surface area is 180 Å². The van der Waals surface area contributed by atoms with Gasteiger partial charge in [0.05, 0.1) is 6.54 Å². The molecule has 0 atom stereocenters. The largest absolute Gasteiger partial charge is 0.434 e. The predicted octanol–water partition coefficient (Wildman–Crippen LogP) is 4.23. The first-order chi connectivity index (χ1) is 15.0. The number of hydrogen-bond donors (Lipinski definition) is 2. The van der Waals surface area contributed by atoms with E-state index >= 15 is 0 Å². The van der Waals surface area contributed by atoms with Crippen LogP contribution in [0.2, 0.25) is 0 Å². The van der Waals surface area contributed by atoms with Gasteiger partial charge in [0.2, 0.25) is 0 Å². The second kappa shape index (κ2) is 11.0. The zero-order valence-electron chi connectivity index (χ0n) is 17.5. The molecule has 0 bridgehead atoms. The van der Waals surface area contributed by atoms with Crippen molar-refractivity contribution < 1.29 is 22.6 Å². The second-order valence-corrected chi connectivity index (χ2v) is 7.44. The molecule has 0 unspecified atom stereocenters. The molecule has 5 nitrogen and oxygen atoms in total. The van der Waals surface area contributed by atoms with Crippen molar-refractivity contribution in [2.24, 2.45) is 4.99 Å². The molecule has 1 saturated heterocycles. The summed E-state index contributed by atoms with van der Waals surface area (Å²) in [5.74, 6) is 0.397. The number of nitrogens with one attached hydrogen (secondary N) is 2. The number of alkyl halides is 2. The summed E-state index contributed by atoms with van der Waals surface area (Å²) in [6.07, 6.45) is 1.52. The van der Waals surface area contributed by atoms with Crippen molar-refractivity contribution in [3.63, 3.8) is 0 Å². The minimum absolute atomic E-state index is 0.109. The Hall–Kier alpha value is -2.74. The van der Waals surface area contributed by atoms with Gasteiger partial charge in [-0.1, -0.05) is 30.3 Å². The Kier molecular flexibility index (Phi) is 8.17. The van der Waals surface area contributed by atoms with Crippen molar-refractivity contribution in [2.75, 3.05) is 26.3 Å². The highest BCUT2D eigenvalue weighted by atomic mass is 19.3. The lowest BCUT2D eigenvalue weighted by Crippen LogP contribution is -2.48. The van der Waals surface area contributed by atoms with E-state index < -0.39 is 6.61 Å². The van der Waals surface area contributed by atoms with Crippen molar-refractivity contribution in [3.05, 3.63) is 65.5 Å². The molecule has 3 rings (SSSR count). The molecule has 2 aromatic rings. The number of para-hydroxylation sites is 1. The number of aliphatic imine (C=N–C) groups is 1. The van der Waals surface area contributed by atoms with E-state index in [9.17, 15) is 13.2 Å². The minimum atomic E-state index is -2.89. The summed E-state index contributed by atoms with van der Waals surface area (Å²) in [5, 5.41) is 6.53. The molecule has 0 amide bonds. The Morgan fingerprint density at radius 2 is 1.90 bits per heavy atom. The van der Waals surface area contributed by atoms with Crippen LogP contribution in [0.1, 0.15) is 30.9 Å². The Morgan fingerprint density at radius 1 is 1.13 bits per heavy atom. The fourth-order valence-corrected chi connectivity index (χ4v) is 3.75. The lowest BCUT2D eigenvalue weighted by atomic mass is 9.74. The summed E-state index contributed by atoms with van der Waals surface area (Å²) in [6, 6.07) is 13.3. The third-order valence-corrected chi connectivity index (χ3v) is 5.42. The lowest BCUT2D eigenvalue weighted by molar-refractivity contribution is -0.0504. The van der Waals surface area contributed by atoms with Crippen LogP contribution in [0.25, 0.3) is 0 Å². The van der Waals surface area contributed by atoms with Crippen LogP contribution in [0, 0.1) is 5.82 Å². The van der Waals surface area contributed by atoms with E-state index in [1.54, 1.807) is 30.3 Å². The van der Waals surface area contributed by atoms with E-state index in [0.29, 0.717) is 37.8 Å². The monoisotopic (exact) mass is 435 g/mol. The van der Waals surface area contributed by atoms with Gasteiger partial charge in [-0.2, -0.15) is 8.78 Å². The van der Waals surface area contributed by atoms with Crippen LogP contribution in [0.5, 0.6) is 5.75 Å². The first-order valence-electron chi connectivity index (χ1n) is 10.4. The number of halogens is 3. The van der Waals surface area contributed by atoms with Gasteiger partial charge in [0, 0.05) is 37.3 Å². The number of guanidine groups is 1. The van der Waals surface area contributed by atoms with Crippen LogP contribution >= 0.6 is 0 Å². The maximum Gasteiger partial charge on any atom is 0.387 e. The van der Waals surface area contributed by atoms with E-state index in [1.807, 2.05) is 13.0 Å². The molecule has 0 radical (unpaired) electrons. The smallest absolute Gasteiger partial charge is 0.387 e. The first kappa shape index (κ1) is 22.9. The van der Waals surface area contributed by atoms with E-state index in [4.69, 9.17) is 4.74 Å². The maximum absolute atomic E-state index is 13.9. The van der Waals surface area contributed by atoms with Crippen molar-refractivity contribution in [3.8, 4) is 5.75 Å². The SMILES string of the molecule is CCNC(=NCc1ccccc1OC(F)F)NCC1(c2cccc(F)c2)CCOCC1.